The highest BCUT2D eigenvalue weighted by molar-refractivity contribution is 7.87. The third kappa shape index (κ3) is 6.23. The first-order valence-corrected chi connectivity index (χ1v) is 8.29. The summed E-state index contributed by atoms with van der Waals surface area (Å²) in [6.45, 7) is 10.1. The Balaban J connectivity index is 0.00000211. The number of alkyl halides is 3. The van der Waals surface area contributed by atoms with Gasteiger partial charge in [-0.2, -0.15) is 21.6 Å². The molecule has 0 saturated heterocycles. The molecule has 0 unspecified atom stereocenters. The largest absolute Gasteiger partial charge is 0.523 e. The van der Waals surface area contributed by atoms with Crippen LogP contribution >= 0.6 is 0 Å². The topological polar surface area (TPSA) is 72.8 Å². The van der Waals surface area contributed by atoms with Crippen LogP contribution in [-0.2, 0) is 19.0 Å². The Morgan fingerprint density at radius 2 is 1.64 bits per heavy atom. The molecule has 0 aliphatic heterocycles. The molecule has 1 rings (SSSR count). The van der Waals surface area contributed by atoms with Gasteiger partial charge in [0.25, 0.3) is 0 Å². The average Bonchev–Trinajstić information content (AvgIpc) is 2.70. The van der Waals surface area contributed by atoms with E-state index in [1.165, 1.54) is 19.9 Å². The molecule has 5 nitrogen and oxygen atoms in total. The zero-order valence-corrected chi connectivity index (χ0v) is 13.9. The van der Waals surface area contributed by atoms with Gasteiger partial charge in [0.05, 0.1) is 6.10 Å². The summed E-state index contributed by atoms with van der Waals surface area (Å²) in [5.74, 6) is -1.85. The van der Waals surface area contributed by atoms with Crippen LogP contribution in [0.3, 0.4) is 0 Å². The first-order chi connectivity index (χ1) is 9.86. The van der Waals surface area contributed by atoms with Gasteiger partial charge in [0.15, 0.2) is 5.79 Å². The van der Waals surface area contributed by atoms with Crippen LogP contribution in [0.15, 0.2) is 12.7 Å². The van der Waals surface area contributed by atoms with Crippen molar-refractivity contribution in [2.45, 2.75) is 64.0 Å². The normalized spacial score (nSPS) is 26.3. The second-order valence-electron chi connectivity index (χ2n) is 5.10. The van der Waals surface area contributed by atoms with E-state index in [1.54, 1.807) is 0 Å². The molecule has 1 aliphatic rings. The Labute approximate surface area is 129 Å². The number of rotatable bonds is 5. The maximum atomic E-state index is 12.3. The molecular weight excluding hydrogens is 325 g/mol. The molecule has 1 fully saturated rings. The third-order valence-electron chi connectivity index (χ3n) is 2.79. The van der Waals surface area contributed by atoms with Crippen LogP contribution in [0.1, 0.15) is 40.5 Å². The molecule has 0 bridgehead atoms. The Kier molecular flexibility index (Phi) is 7.53. The number of hydrogen-bond donors (Lipinski definition) is 1. The highest BCUT2D eigenvalue weighted by atomic mass is 32.2. The van der Waals surface area contributed by atoms with Crippen molar-refractivity contribution in [1.29, 1.82) is 0 Å². The predicted octanol–water partition coefficient (Wildman–Crippen LogP) is 2.96. The van der Waals surface area contributed by atoms with E-state index in [9.17, 15) is 26.7 Å². The average molecular weight is 348 g/mol. The maximum absolute atomic E-state index is 12.3. The van der Waals surface area contributed by atoms with Gasteiger partial charge in [-0.3, -0.25) is 4.18 Å². The van der Waals surface area contributed by atoms with Gasteiger partial charge in [-0.15, -0.1) is 6.58 Å². The number of aliphatic hydroxyl groups is 1. The van der Waals surface area contributed by atoms with Gasteiger partial charge in [0.2, 0.25) is 0 Å². The number of halogens is 3. The Morgan fingerprint density at radius 3 is 2.00 bits per heavy atom. The lowest BCUT2D eigenvalue weighted by atomic mass is 10.1. The molecule has 132 valence electrons. The molecule has 22 heavy (non-hydrogen) atoms. The maximum Gasteiger partial charge on any atom is 0.523 e. The van der Waals surface area contributed by atoms with Crippen LogP contribution in [0.25, 0.3) is 0 Å². The molecular formula is C13H23F3O5S. The minimum atomic E-state index is -5.70. The van der Waals surface area contributed by atoms with E-state index in [-0.39, 0.29) is 18.8 Å². The molecule has 0 aromatic carbocycles. The first kappa shape index (κ1) is 21.4. The number of hydrogen-bond acceptors (Lipinski definition) is 5. The van der Waals surface area contributed by atoms with Crippen molar-refractivity contribution < 1.29 is 35.6 Å². The molecule has 1 N–H and O–H groups in total. The van der Waals surface area contributed by atoms with Gasteiger partial charge in [-0.25, -0.2) is 0 Å². The fourth-order valence-corrected chi connectivity index (χ4v) is 2.64. The first-order valence-electron chi connectivity index (χ1n) is 6.88. The van der Waals surface area contributed by atoms with Crippen molar-refractivity contribution >= 4 is 10.1 Å². The van der Waals surface area contributed by atoms with E-state index in [4.69, 9.17) is 4.74 Å². The highest BCUT2D eigenvalue weighted by Crippen LogP contribution is 2.36. The zero-order valence-electron chi connectivity index (χ0n) is 13.1. The Morgan fingerprint density at radius 1 is 1.18 bits per heavy atom. The smallest absolute Gasteiger partial charge is 0.366 e. The molecule has 0 aromatic heterocycles. The Hall–Kier alpha value is -0.640. The fourth-order valence-electron chi connectivity index (χ4n) is 2.00. The summed E-state index contributed by atoms with van der Waals surface area (Å²) in [7, 11) is -5.70. The van der Waals surface area contributed by atoms with Crippen molar-refractivity contribution in [2.24, 2.45) is 5.92 Å². The molecule has 9 heteroatoms. The molecule has 0 amide bonds. The Bertz CT molecular complexity index is 453. The van der Waals surface area contributed by atoms with Crippen molar-refractivity contribution in [1.82, 2.24) is 0 Å². The lowest BCUT2D eigenvalue weighted by molar-refractivity contribution is -0.217. The van der Waals surface area contributed by atoms with Gasteiger partial charge in [-0.1, -0.05) is 19.9 Å². The minimum Gasteiger partial charge on any atom is -0.366 e. The molecule has 1 aliphatic carbocycles. The summed E-state index contributed by atoms with van der Waals surface area (Å²) in [5.41, 5.74) is -5.49. The molecule has 0 heterocycles. The second kappa shape index (κ2) is 7.76. The van der Waals surface area contributed by atoms with Crippen LogP contribution < -0.4 is 0 Å². The molecule has 1 saturated carbocycles. The SMILES string of the molecule is C=C[C@H]1C[C@H](OS(=O)(=O)C(F)(F)F)[C@H](OC(C)(C)O)C1.CC. The van der Waals surface area contributed by atoms with Gasteiger partial charge in [0, 0.05) is 0 Å². The quantitative estimate of drug-likeness (QED) is 0.358. The number of ether oxygens (including phenoxy) is 1. The molecule has 3 atom stereocenters. The summed E-state index contributed by atoms with van der Waals surface area (Å²) >= 11 is 0. The van der Waals surface area contributed by atoms with Crippen molar-refractivity contribution in [3.63, 3.8) is 0 Å². The standard InChI is InChI=1S/C11H17F3O5S.C2H6/c1-4-7-5-8(18-10(2,3)15)9(6-7)19-20(16,17)11(12,13)14;1-2/h4,7-9,15H,1,5-6H2,2-3H3;1-2H3/t7-,8-,9+;/m1./s1. The monoisotopic (exact) mass is 348 g/mol. The van der Waals surface area contributed by atoms with E-state index in [2.05, 4.69) is 10.8 Å². The summed E-state index contributed by atoms with van der Waals surface area (Å²) in [5, 5.41) is 9.54. The van der Waals surface area contributed by atoms with Crippen molar-refractivity contribution in [3.8, 4) is 0 Å². The third-order valence-corrected chi connectivity index (χ3v) is 3.86. The van der Waals surface area contributed by atoms with Crippen molar-refractivity contribution in [3.05, 3.63) is 12.7 Å². The lowest BCUT2D eigenvalue weighted by Gasteiger charge is -2.27. The van der Waals surface area contributed by atoms with E-state index in [1.807, 2.05) is 13.8 Å². The van der Waals surface area contributed by atoms with Crippen LogP contribution in [0.4, 0.5) is 13.2 Å². The van der Waals surface area contributed by atoms with Crippen LogP contribution in [0.2, 0.25) is 0 Å². The summed E-state index contributed by atoms with van der Waals surface area (Å²) in [6.07, 6.45) is -0.527. The van der Waals surface area contributed by atoms with E-state index >= 15 is 0 Å². The molecule has 0 radical (unpaired) electrons. The summed E-state index contributed by atoms with van der Waals surface area (Å²) in [6, 6.07) is 0. The van der Waals surface area contributed by atoms with Crippen LogP contribution in [-0.4, -0.2) is 37.0 Å². The summed E-state index contributed by atoms with van der Waals surface area (Å²) < 4.78 is 68.3. The van der Waals surface area contributed by atoms with E-state index in [0.717, 1.165) is 0 Å². The van der Waals surface area contributed by atoms with Gasteiger partial charge >= 0.3 is 15.6 Å². The van der Waals surface area contributed by atoms with Gasteiger partial charge in [-0.05, 0) is 32.6 Å². The lowest BCUT2D eigenvalue weighted by Crippen LogP contribution is -2.39. The second-order valence-corrected chi connectivity index (χ2v) is 6.67. The van der Waals surface area contributed by atoms with Gasteiger partial charge < -0.3 is 9.84 Å². The minimum absolute atomic E-state index is 0.0273. The zero-order chi connectivity index (χ0) is 17.8. The van der Waals surface area contributed by atoms with Crippen LogP contribution in [0.5, 0.6) is 0 Å². The van der Waals surface area contributed by atoms with Crippen LogP contribution in [0, 0.1) is 5.92 Å². The fraction of sp³-hybridized carbons (Fsp3) is 0.846. The van der Waals surface area contributed by atoms with Gasteiger partial charge in [0.1, 0.15) is 6.10 Å². The summed E-state index contributed by atoms with van der Waals surface area (Å²) in [4.78, 5) is 0. The molecule has 0 aromatic rings. The van der Waals surface area contributed by atoms with E-state index in [0.29, 0.717) is 0 Å². The number of allylic oxidation sites excluding steroid dienone is 1. The molecule has 0 spiro atoms. The van der Waals surface area contributed by atoms with Crippen molar-refractivity contribution in [2.75, 3.05) is 0 Å². The van der Waals surface area contributed by atoms with E-state index < -0.39 is 33.6 Å². The highest BCUT2D eigenvalue weighted by Gasteiger charge is 2.51. The predicted molar refractivity (Wildman–Crippen MR) is 75.3 cm³/mol.